The van der Waals surface area contributed by atoms with Crippen LogP contribution in [0.3, 0.4) is 0 Å². The zero-order valence-electron chi connectivity index (χ0n) is 17.1. The van der Waals surface area contributed by atoms with Crippen LogP contribution < -0.4 is 21.3 Å². The number of ether oxygens (including phenoxy) is 1. The van der Waals surface area contributed by atoms with Crippen LogP contribution in [0.15, 0.2) is 35.3 Å². The van der Waals surface area contributed by atoms with Crippen LogP contribution >= 0.6 is 0 Å². The van der Waals surface area contributed by atoms with Gasteiger partial charge in [0, 0.05) is 38.4 Å². The summed E-state index contributed by atoms with van der Waals surface area (Å²) in [5, 5.41) is 12.7. The lowest BCUT2D eigenvalue weighted by atomic mass is 10.2. The molecule has 0 aromatic heterocycles. The molecule has 0 heterocycles. The van der Waals surface area contributed by atoms with Crippen molar-refractivity contribution in [3.63, 3.8) is 0 Å². The zero-order chi connectivity index (χ0) is 20.0. The molecule has 7 nitrogen and oxygen atoms in total. The Morgan fingerprint density at radius 2 is 1.70 bits per heavy atom. The predicted molar refractivity (Wildman–Crippen MR) is 112 cm³/mol. The van der Waals surface area contributed by atoms with E-state index in [2.05, 4.69) is 38.4 Å². The van der Waals surface area contributed by atoms with Crippen LogP contribution in [0.1, 0.15) is 40.5 Å². The molecule has 152 valence electrons. The summed E-state index contributed by atoms with van der Waals surface area (Å²) in [6, 6.07) is 10.2. The fourth-order valence-electron chi connectivity index (χ4n) is 2.20. The summed E-state index contributed by atoms with van der Waals surface area (Å²) in [6.07, 6.45) is 1.35. The topological polar surface area (TPSA) is 86.8 Å². The number of carbonyl (C=O) groups excluding carboxylic acids is 1. The Hall–Kier alpha value is -2.44. The molecular weight excluding hydrogens is 342 g/mol. The van der Waals surface area contributed by atoms with Gasteiger partial charge in [-0.05, 0) is 52.7 Å². The first-order chi connectivity index (χ1) is 12.9. The first-order valence-electron chi connectivity index (χ1n) is 9.68. The Balaban J connectivity index is 2.17. The van der Waals surface area contributed by atoms with Gasteiger partial charge in [-0.1, -0.05) is 18.2 Å². The maximum Gasteiger partial charge on any atom is 0.407 e. The van der Waals surface area contributed by atoms with E-state index >= 15 is 0 Å². The number of rotatable bonds is 10. The van der Waals surface area contributed by atoms with Crippen LogP contribution in [0.4, 0.5) is 10.5 Å². The van der Waals surface area contributed by atoms with Crippen molar-refractivity contribution >= 4 is 17.7 Å². The van der Waals surface area contributed by atoms with Gasteiger partial charge in [0.2, 0.25) is 0 Å². The quantitative estimate of drug-likeness (QED) is 0.286. The lowest BCUT2D eigenvalue weighted by Crippen LogP contribution is -2.38. The summed E-state index contributed by atoms with van der Waals surface area (Å²) >= 11 is 0. The Kier molecular flexibility index (Phi) is 10.7. The van der Waals surface area contributed by atoms with Gasteiger partial charge in [-0.2, -0.15) is 0 Å². The first kappa shape index (κ1) is 22.6. The third-order valence-electron chi connectivity index (χ3n) is 3.37. The minimum Gasteiger partial charge on any atom is -0.444 e. The van der Waals surface area contributed by atoms with E-state index in [1.54, 1.807) is 0 Å². The number of para-hydroxylation sites is 1. The molecule has 27 heavy (non-hydrogen) atoms. The molecule has 0 atom stereocenters. The maximum atomic E-state index is 11.6. The number of anilines is 1. The summed E-state index contributed by atoms with van der Waals surface area (Å²) in [6.45, 7) is 11.3. The third-order valence-corrected chi connectivity index (χ3v) is 3.37. The summed E-state index contributed by atoms with van der Waals surface area (Å²) in [5.41, 5.74) is 0.662. The fraction of sp³-hybridized carbons (Fsp3) is 0.600. The Bertz CT molecular complexity index is 555. The van der Waals surface area contributed by atoms with E-state index in [-0.39, 0.29) is 6.09 Å². The standard InChI is InChI=1S/C20H35N5O2/c1-5-21-18(23-14-9-13-22-17-11-7-6-8-12-17)24-15-10-16-25-19(26)27-20(2,3)4/h6-8,11-12,22H,5,9-10,13-16H2,1-4H3,(H,25,26)(H2,21,23,24). The number of carbonyl (C=O) groups is 1. The molecule has 0 aliphatic heterocycles. The minimum atomic E-state index is -0.472. The van der Waals surface area contributed by atoms with Crippen molar-refractivity contribution in [3.8, 4) is 0 Å². The molecule has 1 aromatic rings. The van der Waals surface area contributed by atoms with Crippen molar-refractivity contribution < 1.29 is 9.53 Å². The Morgan fingerprint density at radius 1 is 1.00 bits per heavy atom. The van der Waals surface area contributed by atoms with Crippen LogP contribution in [0.5, 0.6) is 0 Å². The van der Waals surface area contributed by atoms with Crippen molar-refractivity contribution in [3.05, 3.63) is 30.3 Å². The smallest absolute Gasteiger partial charge is 0.407 e. The molecule has 1 aromatic carbocycles. The summed E-state index contributed by atoms with van der Waals surface area (Å²) in [7, 11) is 0. The van der Waals surface area contributed by atoms with E-state index in [0.29, 0.717) is 13.1 Å². The number of amides is 1. The van der Waals surface area contributed by atoms with Crippen molar-refractivity contribution in [2.45, 2.75) is 46.1 Å². The molecule has 1 rings (SSSR count). The molecule has 1 amide bonds. The second-order valence-corrected chi connectivity index (χ2v) is 7.12. The van der Waals surface area contributed by atoms with Gasteiger partial charge in [0.15, 0.2) is 5.96 Å². The maximum absolute atomic E-state index is 11.6. The van der Waals surface area contributed by atoms with Gasteiger partial charge < -0.3 is 26.0 Å². The van der Waals surface area contributed by atoms with Gasteiger partial charge in [0.05, 0.1) is 0 Å². The zero-order valence-corrected chi connectivity index (χ0v) is 17.1. The number of nitrogens with zero attached hydrogens (tertiary/aromatic N) is 1. The average molecular weight is 378 g/mol. The summed E-state index contributed by atoms with van der Waals surface area (Å²) in [4.78, 5) is 16.1. The van der Waals surface area contributed by atoms with Gasteiger partial charge in [0.25, 0.3) is 0 Å². The minimum absolute atomic E-state index is 0.387. The van der Waals surface area contributed by atoms with Crippen LogP contribution in [-0.2, 0) is 4.74 Å². The Morgan fingerprint density at radius 3 is 2.37 bits per heavy atom. The van der Waals surface area contributed by atoms with E-state index in [1.165, 1.54) is 0 Å². The van der Waals surface area contributed by atoms with Crippen LogP contribution in [-0.4, -0.2) is 50.4 Å². The van der Waals surface area contributed by atoms with Crippen molar-refractivity contribution in [1.82, 2.24) is 16.0 Å². The van der Waals surface area contributed by atoms with Crippen LogP contribution in [0.2, 0.25) is 0 Å². The van der Waals surface area contributed by atoms with Crippen LogP contribution in [0, 0.1) is 0 Å². The number of guanidine groups is 1. The van der Waals surface area contributed by atoms with E-state index in [9.17, 15) is 4.79 Å². The van der Waals surface area contributed by atoms with Gasteiger partial charge in [0.1, 0.15) is 5.60 Å². The molecule has 0 fully saturated rings. The second kappa shape index (κ2) is 12.8. The number of aliphatic imine (C=N–C) groups is 1. The number of benzene rings is 1. The molecular formula is C20H35N5O2. The molecule has 0 aliphatic carbocycles. The molecule has 0 saturated heterocycles. The summed E-state index contributed by atoms with van der Waals surface area (Å²) < 4.78 is 5.20. The highest BCUT2D eigenvalue weighted by atomic mass is 16.6. The molecule has 0 saturated carbocycles. The van der Waals surface area contributed by atoms with Crippen molar-refractivity contribution in [1.29, 1.82) is 0 Å². The number of nitrogens with one attached hydrogen (secondary N) is 4. The highest BCUT2D eigenvalue weighted by molar-refractivity contribution is 5.79. The van der Waals surface area contributed by atoms with Gasteiger partial charge in [-0.3, -0.25) is 4.99 Å². The molecule has 0 aliphatic rings. The van der Waals surface area contributed by atoms with E-state index < -0.39 is 5.60 Å². The SMILES string of the molecule is CCNC(=NCCCNC(=O)OC(C)(C)C)NCCCNc1ccccc1. The normalized spacial score (nSPS) is 11.6. The van der Waals surface area contributed by atoms with E-state index in [0.717, 1.165) is 44.1 Å². The average Bonchev–Trinajstić information content (AvgIpc) is 2.60. The second-order valence-electron chi connectivity index (χ2n) is 7.12. The van der Waals surface area contributed by atoms with Crippen molar-refractivity contribution in [2.75, 3.05) is 38.0 Å². The van der Waals surface area contributed by atoms with Crippen LogP contribution in [0.25, 0.3) is 0 Å². The van der Waals surface area contributed by atoms with Crippen molar-refractivity contribution in [2.24, 2.45) is 4.99 Å². The lowest BCUT2D eigenvalue weighted by molar-refractivity contribution is 0.0527. The Labute approximate surface area is 163 Å². The summed E-state index contributed by atoms with van der Waals surface area (Å²) in [5.74, 6) is 0.800. The molecule has 0 spiro atoms. The van der Waals surface area contributed by atoms with Gasteiger partial charge in [-0.25, -0.2) is 4.79 Å². The fourth-order valence-corrected chi connectivity index (χ4v) is 2.20. The highest BCUT2D eigenvalue weighted by Crippen LogP contribution is 2.06. The number of hydrogen-bond acceptors (Lipinski definition) is 4. The largest absolute Gasteiger partial charge is 0.444 e. The highest BCUT2D eigenvalue weighted by Gasteiger charge is 2.15. The van der Waals surface area contributed by atoms with Gasteiger partial charge >= 0.3 is 6.09 Å². The molecule has 7 heteroatoms. The molecule has 0 radical (unpaired) electrons. The lowest BCUT2D eigenvalue weighted by Gasteiger charge is -2.19. The van der Waals surface area contributed by atoms with Gasteiger partial charge in [-0.15, -0.1) is 0 Å². The first-order valence-corrected chi connectivity index (χ1v) is 9.68. The molecule has 0 unspecified atom stereocenters. The monoisotopic (exact) mass is 377 g/mol. The molecule has 4 N–H and O–H groups in total. The number of hydrogen-bond donors (Lipinski definition) is 4. The van der Waals surface area contributed by atoms with E-state index in [4.69, 9.17) is 4.74 Å². The third kappa shape index (κ3) is 12.5. The predicted octanol–water partition coefficient (Wildman–Crippen LogP) is 2.96. The van der Waals surface area contributed by atoms with E-state index in [1.807, 2.05) is 45.9 Å². The number of alkyl carbamates (subject to hydrolysis) is 1. The molecule has 0 bridgehead atoms.